The van der Waals surface area contributed by atoms with Crippen LogP contribution in [-0.4, -0.2) is 0 Å². The van der Waals surface area contributed by atoms with E-state index in [9.17, 15) is 4.39 Å². The summed E-state index contributed by atoms with van der Waals surface area (Å²) in [6.45, 7) is 4.06. The van der Waals surface area contributed by atoms with Gasteiger partial charge in [0.2, 0.25) is 0 Å². The van der Waals surface area contributed by atoms with Crippen LogP contribution in [0.4, 0.5) is 10.1 Å². The molecule has 1 unspecified atom stereocenters. The molecule has 2 rings (SSSR count). The summed E-state index contributed by atoms with van der Waals surface area (Å²) in [4.78, 5) is 0. The first-order chi connectivity index (χ1) is 8.56. The van der Waals surface area contributed by atoms with E-state index in [-0.39, 0.29) is 11.9 Å². The maximum Gasteiger partial charge on any atom is 0.123 e. The van der Waals surface area contributed by atoms with Crippen molar-refractivity contribution in [2.45, 2.75) is 19.9 Å². The Morgan fingerprint density at radius 1 is 1.17 bits per heavy atom. The summed E-state index contributed by atoms with van der Waals surface area (Å²) in [6.07, 6.45) is 0. The topological polar surface area (TPSA) is 12.0 Å². The molecule has 0 aliphatic heterocycles. The minimum atomic E-state index is -0.201. The molecule has 0 saturated heterocycles. The van der Waals surface area contributed by atoms with Crippen LogP contribution in [0.1, 0.15) is 24.1 Å². The third-order valence-electron chi connectivity index (χ3n) is 2.89. The first-order valence-electron chi connectivity index (χ1n) is 5.84. The van der Waals surface area contributed by atoms with Crippen LogP contribution in [0.2, 0.25) is 0 Å². The summed E-state index contributed by atoms with van der Waals surface area (Å²) in [6, 6.07) is 12.8. The smallest absolute Gasteiger partial charge is 0.123 e. The lowest BCUT2D eigenvalue weighted by Gasteiger charge is -2.16. The van der Waals surface area contributed by atoms with Crippen molar-refractivity contribution in [3.63, 3.8) is 0 Å². The van der Waals surface area contributed by atoms with Gasteiger partial charge in [-0.3, -0.25) is 0 Å². The van der Waals surface area contributed by atoms with Crippen LogP contribution >= 0.6 is 15.9 Å². The van der Waals surface area contributed by atoms with Gasteiger partial charge in [0, 0.05) is 16.2 Å². The molecule has 0 spiro atoms. The fraction of sp³-hybridized carbons (Fsp3) is 0.200. The fourth-order valence-corrected chi connectivity index (χ4v) is 2.09. The number of benzene rings is 2. The van der Waals surface area contributed by atoms with E-state index < -0.39 is 0 Å². The third-order valence-corrected chi connectivity index (χ3v) is 3.78. The van der Waals surface area contributed by atoms with E-state index in [1.54, 1.807) is 12.1 Å². The Kier molecular flexibility index (Phi) is 4.02. The molecule has 0 bridgehead atoms. The lowest BCUT2D eigenvalue weighted by atomic mass is 10.1. The second-order valence-electron chi connectivity index (χ2n) is 4.38. The van der Waals surface area contributed by atoms with Crippen molar-refractivity contribution in [1.82, 2.24) is 0 Å². The molecule has 0 aliphatic carbocycles. The van der Waals surface area contributed by atoms with E-state index in [0.29, 0.717) is 0 Å². The maximum absolute atomic E-state index is 13.1. The van der Waals surface area contributed by atoms with E-state index in [0.717, 1.165) is 15.7 Å². The highest BCUT2D eigenvalue weighted by molar-refractivity contribution is 9.10. The average molecular weight is 308 g/mol. The SMILES string of the molecule is Cc1cc(NC(C)c2cccc(F)c2)ccc1Br. The van der Waals surface area contributed by atoms with Crippen molar-refractivity contribution in [2.75, 3.05) is 5.32 Å². The van der Waals surface area contributed by atoms with E-state index in [1.807, 2.05) is 32.0 Å². The Bertz CT molecular complexity index is 554. The minimum Gasteiger partial charge on any atom is -0.379 e. The van der Waals surface area contributed by atoms with Gasteiger partial charge in [-0.25, -0.2) is 4.39 Å². The van der Waals surface area contributed by atoms with Crippen LogP contribution in [0, 0.1) is 12.7 Å². The van der Waals surface area contributed by atoms with Gasteiger partial charge in [0.1, 0.15) is 5.82 Å². The number of rotatable bonds is 3. The van der Waals surface area contributed by atoms with Gasteiger partial charge in [0.05, 0.1) is 0 Å². The standard InChI is InChI=1S/C15H15BrFN/c1-10-8-14(6-7-15(10)16)18-11(2)12-4-3-5-13(17)9-12/h3-9,11,18H,1-2H3. The zero-order valence-electron chi connectivity index (χ0n) is 10.4. The highest BCUT2D eigenvalue weighted by atomic mass is 79.9. The highest BCUT2D eigenvalue weighted by Crippen LogP contribution is 2.24. The molecule has 0 saturated carbocycles. The molecule has 0 fully saturated rings. The summed E-state index contributed by atoms with van der Waals surface area (Å²) >= 11 is 3.47. The molecular weight excluding hydrogens is 293 g/mol. The Balaban J connectivity index is 2.16. The maximum atomic E-state index is 13.1. The molecule has 0 aromatic heterocycles. The number of aryl methyl sites for hydroxylation is 1. The van der Waals surface area contributed by atoms with Gasteiger partial charge in [-0.15, -0.1) is 0 Å². The summed E-state index contributed by atoms with van der Waals surface area (Å²) in [5, 5.41) is 3.37. The van der Waals surface area contributed by atoms with Crippen LogP contribution in [0.15, 0.2) is 46.9 Å². The lowest BCUT2D eigenvalue weighted by molar-refractivity contribution is 0.623. The van der Waals surface area contributed by atoms with Crippen molar-refractivity contribution in [3.8, 4) is 0 Å². The number of nitrogens with one attached hydrogen (secondary N) is 1. The van der Waals surface area contributed by atoms with Crippen molar-refractivity contribution in [3.05, 3.63) is 63.9 Å². The van der Waals surface area contributed by atoms with Crippen LogP contribution in [-0.2, 0) is 0 Å². The molecule has 2 aromatic carbocycles. The highest BCUT2D eigenvalue weighted by Gasteiger charge is 2.06. The van der Waals surface area contributed by atoms with Gasteiger partial charge >= 0.3 is 0 Å². The first-order valence-corrected chi connectivity index (χ1v) is 6.64. The monoisotopic (exact) mass is 307 g/mol. The van der Waals surface area contributed by atoms with Gasteiger partial charge in [0.25, 0.3) is 0 Å². The van der Waals surface area contributed by atoms with Gasteiger partial charge < -0.3 is 5.32 Å². The lowest BCUT2D eigenvalue weighted by Crippen LogP contribution is -2.06. The Morgan fingerprint density at radius 2 is 1.94 bits per heavy atom. The molecule has 2 aromatic rings. The van der Waals surface area contributed by atoms with Gasteiger partial charge in [-0.2, -0.15) is 0 Å². The molecule has 1 N–H and O–H groups in total. The van der Waals surface area contributed by atoms with E-state index >= 15 is 0 Å². The van der Waals surface area contributed by atoms with E-state index in [2.05, 4.69) is 27.3 Å². The van der Waals surface area contributed by atoms with E-state index in [4.69, 9.17) is 0 Å². The first kappa shape index (κ1) is 13.1. The quantitative estimate of drug-likeness (QED) is 0.834. The zero-order valence-corrected chi connectivity index (χ0v) is 12.0. The van der Waals surface area contributed by atoms with Crippen molar-refractivity contribution >= 4 is 21.6 Å². The minimum absolute atomic E-state index is 0.0706. The summed E-state index contributed by atoms with van der Waals surface area (Å²) in [7, 11) is 0. The largest absolute Gasteiger partial charge is 0.379 e. The second-order valence-corrected chi connectivity index (χ2v) is 5.24. The Labute approximate surface area is 115 Å². The molecule has 1 nitrogen and oxygen atoms in total. The molecule has 0 heterocycles. The summed E-state index contributed by atoms with van der Waals surface area (Å²) < 4.78 is 14.2. The van der Waals surface area contributed by atoms with Crippen LogP contribution in [0.25, 0.3) is 0 Å². The molecule has 0 aliphatic rings. The molecule has 94 valence electrons. The number of hydrogen-bond donors (Lipinski definition) is 1. The van der Waals surface area contributed by atoms with Gasteiger partial charge in [-0.1, -0.05) is 28.1 Å². The molecule has 0 radical (unpaired) electrons. The molecule has 18 heavy (non-hydrogen) atoms. The fourth-order valence-electron chi connectivity index (χ4n) is 1.84. The van der Waals surface area contributed by atoms with Crippen molar-refractivity contribution in [2.24, 2.45) is 0 Å². The third kappa shape index (κ3) is 3.10. The van der Waals surface area contributed by atoms with Crippen LogP contribution < -0.4 is 5.32 Å². The van der Waals surface area contributed by atoms with Gasteiger partial charge in [-0.05, 0) is 55.3 Å². The van der Waals surface area contributed by atoms with Crippen LogP contribution in [0.3, 0.4) is 0 Å². The zero-order chi connectivity index (χ0) is 13.1. The summed E-state index contributed by atoms with van der Waals surface area (Å²) in [5.74, 6) is -0.201. The van der Waals surface area contributed by atoms with Crippen molar-refractivity contribution in [1.29, 1.82) is 0 Å². The normalized spacial score (nSPS) is 12.2. The average Bonchev–Trinajstić information content (AvgIpc) is 2.34. The predicted molar refractivity (Wildman–Crippen MR) is 77.3 cm³/mol. The Morgan fingerprint density at radius 3 is 2.61 bits per heavy atom. The van der Waals surface area contributed by atoms with Crippen LogP contribution in [0.5, 0.6) is 0 Å². The second kappa shape index (κ2) is 5.53. The van der Waals surface area contributed by atoms with Gasteiger partial charge in [0.15, 0.2) is 0 Å². The molecule has 1 atom stereocenters. The van der Waals surface area contributed by atoms with E-state index in [1.165, 1.54) is 11.6 Å². The number of halogens is 2. The van der Waals surface area contributed by atoms with Crippen molar-refractivity contribution < 1.29 is 4.39 Å². The number of anilines is 1. The Hall–Kier alpha value is -1.35. The molecule has 3 heteroatoms. The summed E-state index contributed by atoms with van der Waals surface area (Å²) in [5.41, 5.74) is 3.15. The number of hydrogen-bond acceptors (Lipinski definition) is 1. The molecular formula is C15H15BrFN. The molecule has 0 amide bonds. The predicted octanol–water partition coefficient (Wildman–Crippen LogP) is 5.07.